The van der Waals surface area contributed by atoms with Gasteiger partial charge in [-0.2, -0.15) is 0 Å². The van der Waals surface area contributed by atoms with Crippen LogP contribution in [0.5, 0.6) is 0 Å². The molecule has 1 aromatic heterocycles. The van der Waals surface area contributed by atoms with Crippen LogP contribution in [0.15, 0.2) is 10.9 Å². The third-order valence-corrected chi connectivity index (χ3v) is 4.73. The summed E-state index contributed by atoms with van der Waals surface area (Å²) in [6.45, 7) is 1.17. The van der Waals surface area contributed by atoms with Crippen molar-refractivity contribution < 1.29 is 4.79 Å². The zero-order chi connectivity index (χ0) is 14.8. The molecule has 0 aromatic carbocycles. The summed E-state index contributed by atoms with van der Waals surface area (Å²) in [7, 11) is 0. The Bertz CT molecular complexity index is 594. The van der Waals surface area contributed by atoms with E-state index in [0.717, 1.165) is 56.2 Å². The number of aromatic amines is 1. The van der Waals surface area contributed by atoms with E-state index >= 15 is 0 Å². The number of nitrogens with zero attached hydrogens (tertiary/aromatic N) is 1. The average molecular weight is 289 g/mol. The SMILES string of the molecule is NCC1CCCCN1C(=O)c1cc2c([nH]c1=O)CCCC2. The average Bonchev–Trinajstić information content (AvgIpc) is 2.53. The van der Waals surface area contributed by atoms with E-state index < -0.39 is 0 Å². The first-order valence-electron chi connectivity index (χ1n) is 7.97. The van der Waals surface area contributed by atoms with E-state index in [9.17, 15) is 9.59 Å². The molecule has 1 aromatic rings. The van der Waals surface area contributed by atoms with Crippen molar-refractivity contribution in [1.29, 1.82) is 0 Å². The van der Waals surface area contributed by atoms with Gasteiger partial charge in [0.2, 0.25) is 0 Å². The number of aryl methyl sites for hydroxylation is 2. The van der Waals surface area contributed by atoms with Gasteiger partial charge in [0.15, 0.2) is 0 Å². The first-order valence-corrected chi connectivity index (χ1v) is 7.97. The van der Waals surface area contributed by atoms with Gasteiger partial charge in [-0.15, -0.1) is 0 Å². The lowest BCUT2D eigenvalue weighted by Crippen LogP contribution is -2.48. The summed E-state index contributed by atoms with van der Waals surface area (Å²) in [6, 6.07) is 1.89. The largest absolute Gasteiger partial charge is 0.334 e. The van der Waals surface area contributed by atoms with Gasteiger partial charge >= 0.3 is 0 Å². The molecule has 2 aliphatic rings. The van der Waals surface area contributed by atoms with Crippen molar-refractivity contribution >= 4 is 5.91 Å². The van der Waals surface area contributed by atoms with Crippen LogP contribution in [0.1, 0.15) is 53.7 Å². The number of aromatic nitrogens is 1. The Morgan fingerprint density at radius 1 is 1.29 bits per heavy atom. The Morgan fingerprint density at radius 2 is 2.10 bits per heavy atom. The molecule has 0 bridgehead atoms. The fourth-order valence-electron chi connectivity index (χ4n) is 3.50. The molecule has 1 atom stereocenters. The van der Waals surface area contributed by atoms with E-state index in [2.05, 4.69) is 4.98 Å². The molecule has 0 spiro atoms. The quantitative estimate of drug-likeness (QED) is 0.859. The number of piperidine rings is 1. The maximum Gasteiger partial charge on any atom is 0.261 e. The first kappa shape index (κ1) is 14.3. The molecule has 2 heterocycles. The molecular weight excluding hydrogens is 266 g/mol. The fraction of sp³-hybridized carbons (Fsp3) is 0.625. The van der Waals surface area contributed by atoms with Gasteiger partial charge in [0.1, 0.15) is 5.56 Å². The highest BCUT2D eigenvalue weighted by molar-refractivity contribution is 5.94. The van der Waals surface area contributed by atoms with Crippen molar-refractivity contribution in [3.63, 3.8) is 0 Å². The van der Waals surface area contributed by atoms with E-state index in [4.69, 9.17) is 5.73 Å². The number of hydrogen-bond donors (Lipinski definition) is 2. The number of pyridine rings is 1. The van der Waals surface area contributed by atoms with Crippen LogP contribution in [-0.4, -0.2) is 34.9 Å². The van der Waals surface area contributed by atoms with Crippen molar-refractivity contribution in [2.75, 3.05) is 13.1 Å². The van der Waals surface area contributed by atoms with Gasteiger partial charge in [-0.25, -0.2) is 0 Å². The second-order valence-corrected chi connectivity index (χ2v) is 6.11. The number of amides is 1. The predicted molar refractivity (Wildman–Crippen MR) is 81.4 cm³/mol. The third kappa shape index (κ3) is 2.75. The van der Waals surface area contributed by atoms with Crippen LogP contribution < -0.4 is 11.3 Å². The molecule has 1 saturated heterocycles. The summed E-state index contributed by atoms with van der Waals surface area (Å²) < 4.78 is 0. The minimum atomic E-state index is -0.248. The van der Waals surface area contributed by atoms with Gasteiger partial charge in [0.25, 0.3) is 11.5 Å². The second kappa shape index (κ2) is 6.02. The number of likely N-dealkylation sites (tertiary alicyclic amines) is 1. The summed E-state index contributed by atoms with van der Waals surface area (Å²) in [5, 5.41) is 0. The summed E-state index contributed by atoms with van der Waals surface area (Å²) in [4.78, 5) is 29.7. The van der Waals surface area contributed by atoms with Crippen LogP contribution in [-0.2, 0) is 12.8 Å². The molecule has 3 rings (SSSR count). The summed E-state index contributed by atoms with van der Waals surface area (Å²) in [6.07, 6.45) is 7.13. The first-order chi connectivity index (χ1) is 10.2. The number of rotatable bonds is 2. The van der Waals surface area contributed by atoms with Gasteiger partial charge in [-0.3, -0.25) is 9.59 Å². The number of fused-ring (bicyclic) bond motifs is 1. The lowest BCUT2D eigenvalue weighted by atomic mass is 9.94. The molecule has 1 aliphatic carbocycles. The molecule has 0 radical (unpaired) electrons. The third-order valence-electron chi connectivity index (χ3n) is 4.73. The monoisotopic (exact) mass is 289 g/mol. The van der Waals surface area contributed by atoms with E-state index in [1.54, 1.807) is 4.90 Å². The Morgan fingerprint density at radius 3 is 2.90 bits per heavy atom. The van der Waals surface area contributed by atoms with Crippen LogP contribution in [0, 0.1) is 0 Å². The van der Waals surface area contributed by atoms with Crippen LogP contribution in [0.25, 0.3) is 0 Å². The van der Waals surface area contributed by atoms with Crippen LogP contribution >= 0.6 is 0 Å². The highest BCUT2D eigenvalue weighted by Crippen LogP contribution is 2.21. The van der Waals surface area contributed by atoms with Gasteiger partial charge in [0, 0.05) is 24.8 Å². The van der Waals surface area contributed by atoms with Crippen molar-refractivity contribution in [2.45, 2.75) is 51.0 Å². The number of carbonyl (C=O) groups excluding carboxylic acids is 1. The highest BCUT2D eigenvalue weighted by atomic mass is 16.2. The molecule has 1 unspecified atom stereocenters. The second-order valence-electron chi connectivity index (χ2n) is 6.11. The standard InChI is InChI=1S/C16H23N3O2/c17-10-12-6-3-4-8-19(12)16(21)13-9-11-5-1-2-7-14(11)18-15(13)20/h9,12H,1-8,10,17H2,(H,18,20). The number of carbonyl (C=O) groups is 1. The molecular formula is C16H23N3O2. The van der Waals surface area contributed by atoms with Crippen molar-refractivity contribution in [3.05, 3.63) is 33.2 Å². The lowest BCUT2D eigenvalue weighted by molar-refractivity contribution is 0.0621. The summed E-state index contributed by atoms with van der Waals surface area (Å²) in [5.41, 5.74) is 7.96. The molecule has 5 heteroatoms. The van der Waals surface area contributed by atoms with Gasteiger partial charge in [0.05, 0.1) is 0 Å². The molecule has 5 nitrogen and oxygen atoms in total. The Kier molecular flexibility index (Phi) is 4.10. The Hall–Kier alpha value is -1.62. The van der Waals surface area contributed by atoms with E-state index in [0.29, 0.717) is 13.1 Å². The topological polar surface area (TPSA) is 79.2 Å². The molecule has 1 fully saturated rings. The molecule has 0 saturated carbocycles. The van der Waals surface area contributed by atoms with Gasteiger partial charge in [-0.05, 0) is 56.6 Å². The normalized spacial score (nSPS) is 22.0. The van der Waals surface area contributed by atoms with Crippen LogP contribution in [0.2, 0.25) is 0 Å². The summed E-state index contributed by atoms with van der Waals surface area (Å²) in [5.74, 6) is -0.153. The van der Waals surface area contributed by atoms with Crippen molar-refractivity contribution in [1.82, 2.24) is 9.88 Å². The maximum atomic E-state index is 12.7. The van der Waals surface area contributed by atoms with E-state index in [-0.39, 0.29) is 23.1 Å². The van der Waals surface area contributed by atoms with E-state index in [1.807, 2.05) is 6.07 Å². The maximum absolute atomic E-state index is 12.7. The van der Waals surface area contributed by atoms with Crippen LogP contribution in [0.4, 0.5) is 0 Å². The zero-order valence-electron chi connectivity index (χ0n) is 12.4. The highest BCUT2D eigenvalue weighted by Gasteiger charge is 2.28. The molecule has 1 amide bonds. The molecule has 1 aliphatic heterocycles. The molecule has 3 N–H and O–H groups in total. The minimum Gasteiger partial charge on any atom is -0.334 e. The smallest absolute Gasteiger partial charge is 0.261 e. The number of H-pyrrole nitrogens is 1. The Labute approximate surface area is 124 Å². The van der Waals surface area contributed by atoms with Crippen molar-refractivity contribution in [3.8, 4) is 0 Å². The van der Waals surface area contributed by atoms with Crippen LogP contribution in [0.3, 0.4) is 0 Å². The molecule has 114 valence electrons. The number of nitrogens with two attached hydrogens (primary N) is 1. The minimum absolute atomic E-state index is 0.0710. The van der Waals surface area contributed by atoms with E-state index in [1.165, 1.54) is 0 Å². The lowest BCUT2D eigenvalue weighted by Gasteiger charge is -2.35. The fourth-order valence-corrected chi connectivity index (χ4v) is 3.50. The number of hydrogen-bond acceptors (Lipinski definition) is 3. The van der Waals surface area contributed by atoms with Crippen molar-refractivity contribution in [2.24, 2.45) is 5.73 Å². The summed E-state index contributed by atoms with van der Waals surface area (Å²) >= 11 is 0. The zero-order valence-corrected chi connectivity index (χ0v) is 12.4. The molecule has 21 heavy (non-hydrogen) atoms. The van der Waals surface area contributed by atoms with Gasteiger partial charge < -0.3 is 15.6 Å². The van der Waals surface area contributed by atoms with Gasteiger partial charge in [-0.1, -0.05) is 0 Å². The number of nitrogens with one attached hydrogen (secondary N) is 1. The Balaban J connectivity index is 1.92. The predicted octanol–water partition coefficient (Wildman–Crippen LogP) is 1.21.